The van der Waals surface area contributed by atoms with E-state index in [0.717, 1.165) is 16.2 Å². The van der Waals surface area contributed by atoms with Crippen LogP contribution in [0.4, 0.5) is 0 Å². The summed E-state index contributed by atoms with van der Waals surface area (Å²) in [5.74, 6) is 0.748. The van der Waals surface area contributed by atoms with Crippen molar-refractivity contribution in [1.82, 2.24) is 9.13 Å². The molecule has 1 heterocycles. The average Bonchev–Trinajstić information content (AvgIpc) is 2.92. The number of aliphatic hydroxyl groups is 1. The summed E-state index contributed by atoms with van der Waals surface area (Å²) in [7, 11) is 1.61. The van der Waals surface area contributed by atoms with Crippen molar-refractivity contribution in [3.63, 3.8) is 0 Å². The van der Waals surface area contributed by atoms with Crippen molar-refractivity contribution >= 4 is 35.0 Å². The number of imidazole rings is 1. The Morgan fingerprint density at radius 1 is 1.10 bits per heavy atom. The van der Waals surface area contributed by atoms with Crippen LogP contribution in [0, 0.1) is 0 Å². The largest absolute Gasteiger partial charge is 0.497 e. The van der Waals surface area contributed by atoms with Crippen LogP contribution in [0.1, 0.15) is 31.1 Å². The molecule has 0 amide bonds. The fourth-order valence-corrected chi connectivity index (χ4v) is 5.01. The Hall–Kier alpha value is -1.86. The number of halogens is 2. The number of rotatable bonds is 7. The van der Waals surface area contributed by atoms with E-state index in [9.17, 15) is 9.90 Å². The van der Waals surface area contributed by atoms with Gasteiger partial charge in [-0.1, -0.05) is 47.1 Å². The second-order valence-corrected chi connectivity index (χ2v) is 8.73. The molecule has 154 valence electrons. The van der Waals surface area contributed by atoms with Gasteiger partial charge in [0.05, 0.1) is 26.0 Å². The van der Waals surface area contributed by atoms with Crippen LogP contribution >= 0.6 is 35.0 Å². The highest BCUT2D eigenvalue weighted by Gasteiger charge is 2.22. The molecule has 0 aliphatic heterocycles. The zero-order valence-corrected chi connectivity index (χ0v) is 18.7. The van der Waals surface area contributed by atoms with Crippen molar-refractivity contribution in [2.24, 2.45) is 0 Å². The van der Waals surface area contributed by atoms with Crippen LogP contribution in [0.25, 0.3) is 0 Å². The number of aliphatic hydroxyl groups excluding tert-OH is 1. The molecule has 0 aliphatic rings. The second-order valence-electron chi connectivity index (χ2n) is 6.80. The van der Waals surface area contributed by atoms with Gasteiger partial charge in [-0.05, 0) is 49.7 Å². The Bertz CT molecular complexity index is 1040. The molecule has 0 spiro atoms. The Morgan fingerprint density at radius 2 is 1.72 bits per heavy atom. The smallest absolute Gasteiger partial charge is 0.329 e. The molecule has 0 unspecified atom stereocenters. The molecule has 0 saturated carbocycles. The molecule has 3 rings (SSSR count). The molecule has 29 heavy (non-hydrogen) atoms. The number of ether oxygens (including phenoxy) is 1. The molecule has 1 aromatic heterocycles. The van der Waals surface area contributed by atoms with Gasteiger partial charge in [0.1, 0.15) is 10.8 Å². The SMILES string of the molecule is COc1ccc(Cn2c(CO)c(Sc3cc(Cl)cc(Cl)c3)n(C(C)C)c2=O)cc1. The van der Waals surface area contributed by atoms with Crippen LogP contribution in [0.5, 0.6) is 5.75 Å². The topological polar surface area (TPSA) is 56.4 Å². The van der Waals surface area contributed by atoms with Crippen molar-refractivity contribution in [3.8, 4) is 5.75 Å². The zero-order valence-electron chi connectivity index (χ0n) is 16.4. The van der Waals surface area contributed by atoms with Crippen LogP contribution in [0.2, 0.25) is 10.0 Å². The maximum Gasteiger partial charge on any atom is 0.329 e. The van der Waals surface area contributed by atoms with Crippen LogP contribution in [0.15, 0.2) is 57.2 Å². The summed E-state index contributed by atoms with van der Waals surface area (Å²) in [4.78, 5) is 14.0. The Morgan fingerprint density at radius 3 is 2.24 bits per heavy atom. The third-order valence-corrected chi connectivity index (χ3v) is 5.98. The highest BCUT2D eigenvalue weighted by Crippen LogP contribution is 2.35. The summed E-state index contributed by atoms with van der Waals surface area (Å²) in [5.41, 5.74) is 1.32. The minimum absolute atomic E-state index is 0.0814. The van der Waals surface area contributed by atoms with E-state index >= 15 is 0 Å². The summed E-state index contributed by atoms with van der Waals surface area (Å²) in [5, 5.41) is 11.8. The van der Waals surface area contributed by atoms with Crippen molar-refractivity contribution in [2.45, 2.75) is 43.0 Å². The van der Waals surface area contributed by atoms with E-state index in [4.69, 9.17) is 27.9 Å². The lowest BCUT2D eigenvalue weighted by Gasteiger charge is -2.12. The van der Waals surface area contributed by atoms with Crippen molar-refractivity contribution < 1.29 is 9.84 Å². The lowest BCUT2D eigenvalue weighted by atomic mass is 10.2. The van der Waals surface area contributed by atoms with E-state index in [-0.39, 0.29) is 18.3 Å². The fraction of sp³-hybridized carbons (Fsp3) is 0.286. The van der Waals surface area contributed by atoms with Gasteiger partial charge < -0.3 is 9.84 Å². The van der Waals surface area contributed by atoms with Crippen LogP contribution in [0.3, 0.4) is 0 Å². The van der Waals surface area contributed by atoms with Gasteiger partial charge in [0, 0.05) is 21.0 Å². The van der Waals surface area contributed by atoms with Gasteiger partial charge in [-0.15, -0.1) is 0 Å². The van der Waals surface area contributed by atoms with Gasteiger partial charge in [0.15, 0.2) is 0 Å². The minimum atomic E-state index is -0.262. The van der Waals surface area contributed by atoms with E-state index in [2.05, 4.69) is 0 Å². The first-order valence-electron chi connectivity index (χ1n) is 9.05. The standard InChI is InChI=1S/C21H22Cl2N2O3S/c1-13(2)25-20(29-18-9-15(22)8-16(23)10-18)19(12-26)24(21(25)27)11-14-4-6-17(28-3)7-5-14/h4-10,13,26H,11-12H2,1-3H3. The predicted molar refractivity (Wildman–Crippen MR) is 118 cm³/mol. The summed E-state index contributed by atoms with van der Waals surface area (Å²) in [6.45, 7) is 3.97. The molecule has 8 heteroatoms. The minimum Gasteiger partial charge on any atom is -0.497 e. The normalized spacial score (nSPS) is 11.3. The number of benzene rings is 2. The number of hydrogen-bond donors (Lipinski definition) is 1. The van der Waals surface area contributed by atoms with Crippen LogP contribution < -0.4 is 10.4 Å². The van der Waals surface area contributed by atoms with Gasteiger partial charge in [-0.2, -0.15) is 0 Å². The molecule has 5 nitrogen and oxygen atoms in total. The Kier molecular flexibility index (Phi) is 7.01. The first-order valence-corrected chi connectivity index (χ1v) is 10.6. The Labute approximate surface area is 183 Å². The van der Waals surface area contributed by atoms with Crippen molar-refractivity contribution in [1.29, 1.82) is 0 Å². The van der Waals surface area contributed by atoms with Gasteiger partial charge in [-0.3, -0.25) is 9.13 Å². The molecule has 3 aromatic rings. The zero-order chi connectivity index (χ0) is 21.1. The molecular weight excluding hydrogens is 431 g/mol. The fourth-order valence-electron chi connectivity index (χ4n) is 3.08. The predicted octanol–water partition coefficient (Wildman–Crippen LogP) is 5.24. The quantitative estimate of drug-likeness (QED) is 0.532. The van der Waals surface area contributed by atoms with E-state index in [1.807, 2.05) is 38.1 Å². The number of nitrogens with zero attached hydrogens (tertiary/aromatic N) is 2. The molecule has 0 atom stereocenters. The van der Waals surface area contributed by atoms with Gasteiger partial charge in [0.2, 0.25) is 0 Å². The summed E-state index contributed by atoms with van der Waals surface area (Å²) >= 11 is 13.6. The molecule has 2 aromatic carbocycles. The number of hydrogen-bond acceptors (Lipinski definition) is 4. The lowest BCUT2D eigenvalue weighted by Crippen LogP contribution is -2.27. The highest BCUT2D eigenvalue weighted by molar-refractivity contribution is 7.99. The summed E-state index contributed by atoms with van der Waals surface area (Å²) in [6.07, 6.45) is 0. The Balaban J connectivity index is 2.07. The van der Waals surface area contributed by atoms with Gasteiger partial charge in [0.25, 0.3) is 0 Å². The van der Waals surface area contributed by atoms with E-state index in [0.29, 0.717) is 27.3 Å². The number of aromatic nitrogens is 2. The number of methoxy groups -OCH3 is 1. The molecule has 0 bridgehead atoms. The maximum atomic E-state index is 13.2. The van der Waals surface area contributed by atoms with Crippen LogP contribution in [-0.4, -0.2) is 21.4 Å². The molecule has 1 N–H and O–H groups in total. The molecule has 0 aliphatic carbocycles. The lowest BCUT2D eigenvalue weighted by molar-refractivity contribution is 0.267. The van der Waals surface area contributed by atoms with Gasteiger partial charge >= 0.3 is 5.69 Å². The summed E-state index contributed by atoms with van der Waals surface area (Å²) < 4.78 is 8.49. The molecule has 0 fully saturated rings. The maximum absolute atomic E-state index is 13.2. The molecular formula is C21H22Cl2N2O3S. The highest BCUT2D eigenvalue weighted by atomic mass is 35.5. The van der Waals surface area contributed by atoms with Crippen molar-refractivity contribution in [3.05, 3.63) is 74.3 Å². The third-order valence-electron chi connectivity index (χ3n) is 4.44. The first kappa shape index (κ1) is 21.8. The van der Waals surface area contributed by atoms with E-state index in [1.54, 1.807) is 34.4 Å². The van der Waals surface area contributed by atoms with Gasteiger partial charge in [-0.25, -0.2) is 4.79 Å². The first-order chi connectivity index (χ1) is 13.8. The second kappa shape index (κ2) is 9.30. The molecule has 0 radical (unpaired) electrons. The van der Waals surface area contributed by atoms with Crippen LogP contribution in [-0.2, 0) is 13.2 Å². The van der Waals surface area contributed by atoms with E-state index < -0.39 is 0 Å². The summed E-state index contributed by atoms with van der Waals surface area (Å²) in [6, 6.07) is 12.7. The monoisotopic (exact) mass is 452 g/mol. The molecule has 0 saturated heterocycles. The van der Waals surface area contributed by atoms with Crippen molar-refractivity contribution in [2.75, 3.05) is 7.11 Å². The third kappa shape index (κ3) is 4.83. The van der Waals surface area contributed by atoms with E-state index in [1.165, 1.54) is 11.8 Å². The average molecular weight is 453 g/mol.